The van der Waals surface area contributed by atoms with E-state index in [9.17, 15) is 9.59 Å². The van der Waals surface area contributed by atoms with Crippen LogP contribution >= 0.6 is 23.1 Å². The van der Waals surface area contributed by atoms with E-state index in [1.807, 2.05) is 27.7 Å². The van der Waals surface area contributed by atoms with Gasteiger partial charge in [0.25, 0.3) is 0 Å². The second-order valence-corrected chi connectivity index (χ2v) is 7.55. The van der Waals surface area contributed by atoms with Crippen molar-refractivity contribution in [3.63, 3.8) is 0 Å². The molecule has 0 saturated heterocycles. The van der Waals surface area contributed by atoms with Crippen LogP contribution in [0.1, 0.15) is 32.7 Å². The molecule has 9 heteroatoms. The zero-order chi connectivity index (χ0) is 16.6. The predicted octanol–water partition coefficient (Wildman–Crippen LogP) is 2.30. The van der Waals surface area contributed by atoms with Crippen molar-refractivity contribution in [1.82, 2.24) is 15.5 Å². The Balaban J connectivity index is 2.11. The van der Waals surface area contributed by atoms with Crippen molar-refractivity contribution in [2.75, 3.05) is 23.4 Å². The molecule has 0 fully saturated rings. The van der Waals surface area contributed by atoms with E-state index in [1.165, 1.54) is 23.1 Å². The van der Waals surface area contributed by atoms with Crippen molar-refractivity contribution < 1.29 is 14.3 Å². The van der Waals surface area contributed by atoms with E-state index in [4.69, 9.17) is 4.74 Å². The van der Waals surface area contributed by atoms with E-state index in [0.29, 0.717) is 23.2 Å². The topological polar surface area (TPSA) is 93.2 Å². The molecule has 0 saturated carbocycles. The summed E-state index contributed by atoms with van der Waals surface area (Å²) in [6, 6.07) is 0. The van der Waals surface area contributed by atoms with Crippen molar-refractivity contribution >= 4 is 40.2 Å². The Morgan fingerprint density at radius 2 is 2.05 bits per heavy atom. The van der Waals surface area contributed by atoms with E-state index in [0.717, 1.165) is 11.4 Å². The van der Waals surface area contributed by atoms with Crippen LogP contribution in [0.4, 0.5) is 9.93 Å². The SMILES string of the molecule is CCc1nnc(NC(=O)CSCCNC(=O)OC(C)(C)C)s1. The monoisotopic (exact) mass is 346 g/mol. The molecular weight excluding hydrogens is 324 g/mol. The largest absolute Gasteiger partial charge is 0.444 e. The van der Waals surface area contributed by atoms with Gasteiger partial charge in [-0.1, -0.05) is 18.3 Å². The number of hydrogen-bond donors (Lipinski definition) is 2. The van der Waals surface area contributed by atoms with Crippen LogP contribution in [-0.2, 0) is 16.0 Å². The molecule has 1 heterocycles. The first-order chi connectivity index (χ1) is 10.3. The summed E-state index contributed by atoms with van der Waals surface area (Å²) in [7, 11) is 0. The van der Waals surface area contributed by atoms with Gasteiger partial charge in [0.2, 0.25) is 11.0 Å². The quantitative estimate of drug-likeness (QED) is 0.736. The Morgan fingerprint density at radius 3 is 2.64 bits per heavy atom. The summed E-state index contributed by atoms with van der Waals surface area (Å²) in [6.45, 7) is 7.86. The lowest BCUT2D eigenvalue weighted by Crippen LogP contribution is -2.33. The maximum atomic E-state index is 11.7. The Kier molecular flexibility index (Phi) is 7.60. The fourth-order valence-corrected chi connectivity index (χ4v) is 2.65. The van der Waals surface area contributed by atoms with Gasteiger partial charge in [-0.3, -0.25) is 10.1 Å². The van der Waals surface area contributed by atoms with Crippen LogP contribution in [0.25, 0.3) is 0 Å². The number of anilines is 1. The Morgan fingerprint density at radius 1 is 1.32 bits per heavy atom. The summed E-state index contributed by atoms with van der Waals surface area (Å²) < 4.78 is 5.10. The van der Waals surface area contributed by atoms with Gasteiger partial charge in [-0.05, 0) is 27.2 Å². The lowest BCUT2D eigenvalue weighted by Gasteiger charge is -2.19. The summed E-state index contributed by atoms with van der Waals surface area (Å²) in [6.07, 6.45) is 0.358. The highest BCUT2D eigenvalue weighted by molar-refractivity contribution is 7.99. The number of hydrogen-bond acceptors (Lipinski definition) is 7. The van der Waals surface area contributed by atoms with Crippen LogP contribution in [-0.4, -0.2) is 45.8 Å². The molecule has 1 rings (SSSR count). The second-order valence-electron chi connectivity index (χ2n) is 5.38. The van der Waals surface area contributed by atoms with Gasteiger partial charge in [-0.2, -0.15) is 11.8 Å². The molecule has 0 aliphatic carbocycles. The maximum Gasteiger partial charge on any atom is 0.407 e. The minimum Gasteiger partial charge on any atom is -0.444 e. The highest BCUT2D eigenvalue weighted by Gasteiger charge is 2.15. The molecule has 0 spiro atoms. The van der Waals surface area contributed by atoms with Crippen LogP contribution in [0.2, 0.25) is 0 Å². The first-order valence-corrected chi connectivity index (χ1v) is 8.94. The van der Waals surface area contributed by atoms with Crippen molar-refractivity contribution in [2.45, 2.75) is 39.7 Å². The lowest BCUT2D eigenvalue weighted by molar-refractivity contribution is -0.113. The molecule has 1 aromatic heterocycles. The molecule has 0 bridgehead atoms. The summed E-state index contributed by atoms with van der Waals surface area (Å²) in [5, 5.41) is 14.6. The van der Waals surface area contributed by atoms with Crippen molar-refractivity contribution in [2.24, 2.45) is 0 Å². The number of amides is 2. The first-order valence-electron chi connectivity index (χ1n) is 6.97. The number of alkyl carbamates (subject to hydrolysis) is 1. The van der Waals surface area contributed by atoms with Gasteiger partial charge in [0.1, 0.15) is 10.6 Å². The number of nitrogens with zero attached hydrogens (tertiary/aromatic N) is 2. The maximum absolute atomic E-state index is 11.7. The third-order valence-corrected chi connectivity index (χ3v) is 4.11. The second kappa shape index (κ2) is 8.94. The average Bonchev–Trinajstić information content (AvgIpc) is 2.83. The molecule has 0 radical (unpaired) electrons. The van der Waals surface area contributed by atoms with Gasteiger partial charge in [0.05, 0.1) is 5.75 Å². The number of carbonyl (C=O) groups excluding carboxylic acids is 2. The van der Waals surface area contributed by atoms with Crippen LogP contribution in [0.5, 0.6) is 0 Å². The highest BCUT2D eigenvalue weighted by atomic mass is 32.2. The van der Waals surface area contributed by atoms with E-state index in [-0.39, 0.29) is 5.91 Å². The fourth-order valence-electron chi connectivity index (χ4n) is 1.31. The number of nitrogens with one attached hydrogen (secondary N) is 2. The third kappa shape index (κ3) is 8.18. The Labute approximate surface area is 138 Å². The van der Waals surface area contributed by atoms with Crippen LogP contribution in [0.15, 0.2) is 0 Å². The number of carbonyl (C=O) groups is 2. The van der Waals surface area contributed by atoms with Gasteiger partial charge >= 0.3 is 6.09 Å². The van der Waals surface area contributed by atoms with Gasteiger partial charge < -0.3 is 10.1 Å². The molecule has 0 aliphatic rings. The molecule has 0 unspecified atom stereocenters. The first kappa shape index (κ1) is 18.7. The molecule has 22 heavy (non-hydrogen) atoms. The van der Waals surface area contributed by atoms with Crippen LogP contribution in [0, 0.1) is 0 Å². The standard InChI is InChI=1S/C13H22N4O3S2/c1-5-10-16-17-11(22-10)15-9(18)8-21-7-6-14-12(19)20-13(2,3)4/h5-8H2,1-4H3,(H,14,19)(H,15,17,18). The number of thioether (sulfide) groups is 1. The number of rotatable bonds is 7. The Hall–Kier alpha value is -1.35. The minimum absolute atomic E-state index is 0.124. The minimum atomic E-state index is -0.504. The zero-order valence-corrected chi connectivity index (χ0v) is 14.9. The molecule has 0 aliphatic heterocycles. The molecule has 1 aromatic rings. The molecule has 2 N–H and O–H groups in total. The molecule has 0 atom stereocenters. The molecule has 7 nitrogen and oxygen atoms in total. The average molecular weight is 346 g/mol. The molecular formula is C13H22N4O3S2. The number of aryl methyl sites for hydroxylation is 1. The van der Waals surface area contributed by atoms with Gasteiger partial charge in [-0.25, -0.2) is 4.79 Å². The van der Waals surface area contributed by atoms with Gasteiger partial charge in [0, 0.05) is 12.3 Å². The van der Waals surface area contributed by atoms with E-state index < -0.39 is 11.7 Å². The summed E-state index contributed by atoms with van der Waals surface area (Å²) >= 11 is 2.80. The summed E-state index contributed by atoms with van der Waals surface area (Å²) in [5.41, 5.74) is -0.504. The molecule has 124 valence electrons. The van der Waals surface area contributed by atoms with Gasteiger partial charge in [0.15, 0.2) is 0 Å². The Bertz CT molecular complexity index is 500. The smallest absolute Gasteiger partial charge is 0.407 e. The zero-order valence-electron chi connectivity index (χ0n) is 13.3. The number of ether oxygens (including phenoxy) is 1. The van der Waals surface area contributed by atoms with Crippen LogP contribution < -0.4 is 10.6 Å². The fraction of sp³-hybridized carbons (Fsp3) is 0.692. The normalized spacial score (nSPS) is 11.1. The van der Waals surface area contributed by atoms with E-state index >= 15 is 0 Å². The van der Waals surface area contributed by atoms with Crippen molar-refractivity contribution in [3.05, 3.63) is 5.01 Å². The molecule has 0 aromatic carbocycles. The van der Waals surface area contributed by atoms with Crippen molar-refractivity contribution in [3.8, 4) is 0 Å². The third-order valence-electron chi connectivity index (χ3n) is 2.16. The van der Waals surface area contributed by atoms with E-state index in [2.05, 4.69) is 20.8 Å². The van der Waals surface area contributed by atoms with Crippen LogP contribution in [0.3, 0.4) is 0 Å². The highest BCUT2D eigenvalue weighted by Crippen LogP contribution is 2.15. The van der Waals surface area contributed by atoms with Gasteiger partial charge in [-0.15, -0.1) is 10.2 Å². The summed E-state index contributed by atoms with van der Waals surface area (Å²) in [5.74, 6) is 0.807. The van der Waals surface area contributed by atoms with Crippen molar-refractivity contribution in [1.29, 1.82) is 0 Å². The summed E-state index contributed by atoms with van der Waals surface area (Å²) in [4.78, 5) is 23.1. The lowest BCUT2D eigenvalue weighted by atomic mass is 10.2. The van der Waals surface area contributed by atoms with E-state index in [1.54, 1.807) is 0 Å². The predicted molar refractivity (Wildman–Crippen MR) is 89.5 cm³/mol. The molecule has 2 amide bonds. The number of aromatic nitrogens is 2.